The summed E-state index contributed by atoms with van der Waals surface area (Å²) in [7, 11) is 1.91. The average molecular weight is 415 g/mol. The molecule has 0 radical (unpaired) electrons. The maximum atomic E-state index is 13.0. The molecule has 4 rings (SSSR count). The van der Waals surface area contributed by atoms with E-state index in [1.54, 1.807) is 0 Å². The number of imidazole rings is 1. The van der Waals surface area contributed by atoms with Crippen LogP contribution in [0.5, 0.6) is 0 Å². The van der Waals surface area contributed by atoms with Gasteiger partial charge in [0.25, 0.3) is 5.91 Å². The summed E-state index contributed by atoms with van der Waals surface area (Å²) in [5.41, 5.74) is 2.03. The van der Waals surface area contributed by atoms with Crippen LogP contribution in [0.25, 0.3) is 11.0 Å². The number of likely N-dealkylation sites (tertiary alicyclic amines) is 1. The first-order valence-electron chi connectivity index (χ1n) is 9.17. The standard InChI is InChI=1S/C19H26N4O2.2ClH/c1-22-16-5-3-2-4-15(16)21-17(22)18(25)23-10-7-19(8-11-23)6-9-20-12-14(19)13-24;;/h2-5,14,20,24H,6-13H2,1H3;2*1H. The van der Waals surface area contributed by atoms with Crippen LogP contribution in [0.4, 0.5) is 0 Å². The van der Waals surface area contributed by atoms with E-state index < -0.39 is 0 Å². The maximum absolute atomic E-state index is 13.0. The molecule has 1 aromatic heterocycles. The quantitative estimate of drug-likeness (QED) is 0.790. The molecule has 0 aliphatic carbocycles. The molecule has 2 fully saturated rings. The molecule has 1 amide bonds. The summed E-state index contributed by atoms with van der Waals surface area (Å²) in [6.07, 6.45) is 3.03. The first-order chi connectivity index (χ1) is 12.1. The number of aromatic nitrogens is 2. The van der Waals surface area contributed by atoms with Gasteiger partial charge in [0.05, 0.1) is 11.0 Å². The Morgan fingerprint density at radius 1 is 1.26 bits per heavy atom. The number of hydrogen-bond acceptors (Lipinski definition) is 4. The first kappa shape index (κ1) is 22.0. The van der Waals surface area contributed by atoms with Crippen LogP contribution in [0, 0.1) is 11.3 Å². The summed E-state index contributed by atoms with van der Waals surface area (Å²) in [4.78, 5) is 19.5. The molecule has 2 aliphatic rings. The Hall–Kier alpha value is -1.34. The highest BCUT2D eigenvalue weighted by molar-refractivity contribution is 5.94. The second kappa shape index (κ2) is 8.78. The molecule has 2 aromatic rings. The summed E-state index contributed by atoms with van der Waals surface area (Å²) in [6, 6.07) is 7.85. The van der Waals surface area contributed by atoms with E-state index in [1.165, 1.54) is 0 Å². The lowest BCUT2D eigenvalue weighted by Gasteiger charge is -2.48. The Labute approximate surface area is 172 Å². The van der Waals surface area contributed by atoms with E-state index in [0.29, 0.717) is 11.7 Å². The number of para-hydroxylation sites is 2. The van der Waals surface area contributed by atoms with Gasteiger partial charge < -0.3 is 19.9 Å². The topological polar surface area (TPSA) is 70.4 Å². The van der Waals surface area contributed by atoms with Crippen molar-refractivity contribution < 1.29 is 9.90 Å². The van der Waals surface area contributed by atoms with Crippen LogP contribution in [0.1, 0.15) is 29.9 Å². The van der Waals surface area contributed by atoms with E-state index in [9.17, 15) is 9.90 Å². The Bertz CT molecular complexity index is 787. The summed E-state index contributed by atoms with van der Waals surface area (Å²) in [5, 5.41) is 13.1. The van der Waals surface area contributed by atoms with Gasteiger partial charge in [0.1, 0.15) is 0 Å². The van der Waals surface area contributed by atoms with E-state index in [-0.39, 0.29) is 42.7 Å². The Balaban J connectivity index is 0.00000131. The number of nitrogens with one attached hydrogen (secondary N) is 1. The van der Waals surface area contributed by atoms with Gasteiger partial charge in [-0.1, -0.05) is 12.1 Å². The van der Waals surface area contributed by atoms with Crippen LogP contribution in [-0.2, 0) is 7.05 Å². The largest absolute Gasteiger partial charge is 0.396 e. The fourth-order valence-electron chi connectivity index (χ4n) is 4.58. The van der Waals surface area contributed by atoms with E-state index >= 15 is 0 Å². The molecular weight excluding hydrogens is 387 g/mol. The third-order valence-corrected chi connectivity index (χ3v) is 6.30. The number of aliphatic hydroxyl groups excluding tert-OH is 1. The zero-order chi connectivity index (χ0) is 17.4. The van der Waals surface area contributed by atoms with Crippen LogP contribution in [-0.4, -0.2) is 58.3 Å². The van der Waals surface area contributed by atoms with Gasteiger partial charge in [-0.25, -0.2) is 4.98 Å². The van der Waals surface area contributed by atoms with Crippen molar-refractivity contribution in [2.45, 2.75) is 19.3 Å². The predicted molar refractivity (Wildman–Crippen MR) is 111 cm³/mol. The van der Waals surface area contributed by atoms with Gasteiger partial charge in [0, 0.05) is 39.2 Å². The number of carbonyl (C=O) groups excluding carboxylic acids is 1. The number of halogens is 2. The minimum atomic E-state index is 0. The lowest BCUT2D eigenvalue weighted by atomic mass is 9.65. The lowest BCUT2D eigenvalue weighted by molar-refractivity contribution is -0.00156. The van der Waals surface area contributed by atoms with Gasteiger partial charge in [-0.3, -0.25) is 4.79 Å². The molecule has 2 saturated heterocycles. The molecule has 3 heterocycles. The number of aliphatic hydroxyl groups is 1. The summed E-state index contributed by atoms with van der Waals surface area (Å²) in [5.74, 6) is 0.832. The number of nitrogens with zero attached hydrogens (tertiary/aromatic N) is 3. The number of hydrogen-bond donors (Lipinski definition) is 2. The molecule has 0 bridgehead atoms. The number of aryl methyl sites for hydroxylation is 1. The van der Waals surface area contributed by atoms with E-state index in [4.69, 9.17) is 0 Å². The van der Waals surface area contributed by atoms with Crippen molar-refractivity contribution in [3.05, 3.63) is 30.1 Å². The molecule has 1 atom stereocenters. The number of carbonyl (C=O) groups is 1. The number of benzene rings is 1. The van der Waals surface area contributed by atoms with Crippen molar-refractivity contribution in [2.24, 2.45) is 18.4 Å². The van der Waals surface area contributed by atoms with Crippen LogP contribution in [0.2, 0.25) is 0 Å². The Kier molecular flexibility index (Phi) is 7.14. The van der Waals surface area contributed by atoms with Crippen molar-refractivity contribution >= 4 is 41.8 Å². The zero-order valence-electron chi connectivity index (χ0n) is 15.6. The zero-order valence-corrected chi connectivity index (χ0v) is 17.2. The second-order valence-corrected chi connectivity index (χ2v) is 7.47. The van der Waals surface area contributed by atoms with Crippen molar-refractivity contribution in [1.82, 2.24) is 19.8 Å². The third kappa shape index (κ3) is 3.81. The highest BCUT2D eigenvalue weighted by Crippen LogP contribution is 2.43. The van der Waals surface area contributed by atoms with E-state index in [2.05, 4.69) is 10.3 Å². The SMILES string of the molecule is Cl.Cl.Cn1c(C(=O)N2CCC3(CCNCC3CO)CC2)nc2ccccc21. The summed E-state index contributed by atoms with van der Waals surface area (Å²) >= 11 is 0. The second-order valence-electron chi connectivity index (χ2n) is 7.47. The van der Waals surface area contributed by atoms with Crippen LogP contribution >= 0.6 is 24.8 Å². The summed E-state index contributed by atoms with van der Waals surface area (Å²) < 4.78 is 1.89. The Morgan fingerprint density at radius 2 is 1.96 bits per heavy atom. The first-order valence-corrected chi connectivity index (χ1v) is 9.17. The van der Waals surface area contributed by atoms with Crippen molar-refractivity contribution in [3.63, 3.8) is 0 Å². The van der Waals surface area contributed by atoms with Gasteiger partial charge in [-0.15, -0.1) is 24.8 Å². The monoisotopic (exact) mass is 414 g/mol. The van der Waals surface area contributed by atoms with Crippen LogP contribution in [0.15, 0.2) is 24.3 Å². The lowest BCUT2D eigenvalue weighted by Crippen LogP contribution is -2.53. The highest BCUT2D eigenvalue weighted by Gasteiger charge is 2.43. The molecule has 1 unspecified atom stereocenters. The number of piperidine rings is 2. The molecule has 2 aliphatic heterocycles. The third-order valence-electron chi connectivity index (χ3n) is 6.30. The molecule has 8 heteroatoms. The number of amides is 1. The van der Waals surface area contributed by atoms with Crippen LogP contribution < -0.4 is 5.32 Å². The normalized spacial score (nSPS) is 21.6. The molecule has 2 N–H and O–H groups in total. The van der Waals surface area contributed by atoms with Crippen molar-refractivity contribution in [2.75, 3.05) is 32.8 Å². The fraction of sp³-hybridized carbons (Fsp3) is 0.579. The van der Waals surface area contributed by atoms with Gasteiger partial charge in [-0.05, 0) is 43.4 Å². The maximum Gasteiger partial charge on any atom is 0.289 e. The molecule has 1 aromatic carbocycles. The van der Waals surface area contributed by atoms with E-state index in [1.807, 2.05) is 40.8 Å². The molecule has 27 heavy (non-hydrogen) atoms. The van der Waals surface area contributed by atoms with Gasteiger partial charge in [-0.2, -0.15) is 0 Å². The van der Waals surface area contributed by atoms with Crippen molar-refractivity contribution in [1.29, 1.82) is 0 Å². The molecule has 150 valence electrons. The van der Waals surface area contributed by atoms with Gasteiger partial charge in [0.15, 0.2) is 5.82 Å². The van der Waals surface area contributed by atoms with Crippen molar-refractivity contribution in [3.8, 4) is 0 Å². The van der Waals surface area contributed by atoms with Gasteiger partial charge >= 0.3 is 0 Å². The molecule has 0 saturated carbocycles. The minimum Gasteiger partial charge on any atom is -0.396 e. The highest BCUT2D eigenvalue weighted by atomic mass is 35.5. The summed E-state index contributed by atoms with van der Waals surface area (Å²) in [6.45, 7) is 3.62. The fourth-order valence-corrected chi connectivity index (χ4v) is 4.58. The van der Waals surface area contributed by atoms with Crippen LogP contribution in [0.3, 0.4) is 0 Å². The minimum absolute atomic E-state index is 0. The average Bonchev–Trinajstić information content (AvgIpc) is 2.99. The predicted octanol–water partition coefficient (Wildman–Crippen LogP) is 2.24. The molecule has 6 nitrogen and oxygen atoms in total. The smallest absolute Gasteiger partial charge is 0.289 e. The Morgan fingerprint density at radius 3 is 2.63 bits per heavy atom. The number of fused-ring (bicyclic) bond motifs is 1. The molecular formula is C19H28Cl2N4O2. The van der Waals surface area contributed by atoms with Gasteiger partial charge in [0.2, 0.25) is 0 Å². The number of rotatable bonds is 2. The molecule has 1 spiro atoms. The van der Waals surface area contributed by atoms with E-state index in [0.717, 1.165) is 56.5 Å².